The van der Waals surface area contributed by atoms with Crippen LogP contribution >= 0.6 is 11.6 Å². The van der Waals surface area contributed by atoms with Crippen LogP contribution < -0.4 is 15.4 Å². The Balaban J connectivity index is 2.02. The van der Waals surface area contributed by atoms with Crippen LogP contribution in [-0.2, 0) is 5.67 Å². The van der Waals surface area contributed by atoms with Gasteiger partial charge in [0.25, 0.3) is 11.8 Å². The standard InChI is InChI=1S/C24H12ClF11N2O3/c25-13-8-10(22(30,23(31,32)33)24(34,35)36)9-16(41-21(28)29)18(13)38-20(40)12-5-3-7-15(17(12)27)37-19(39)11-4-1-2-6-14(11)26/h1-9,21H,(H,37,39)(H,38,40). The summed E-state index contributed by atoms with van der Waals surface area (Å²) in [5, 5.41) is 2.35. The lowest BCUT2D eigenvalue weighted by atomic mass is 9.93. The molecule has 3 aromatic carbocycles. The Kier molecular flexibility index (Phi) is 8.76. The molecule has 0 aliphatic carbocycles. The predicted molar refractivity (Wildman–Crippen MR) is 122 cm³/mol. The van der Waals surface area contributed by atoms with Gasteiger partial charge in [0.2, 0.25) is 0 Å². The van der Waals surface area contributed by atoms with Crippen molar-refractivity contribution < 1.29 is 62.6 Å². The zero-order valence-electron chi connectivity index (χ0n) is 19.5. The van der Waals surface area contributed by atoms with Crippen LogP contribution in [0.1, 0.15) is 26.3 Å². The van der Waals surface area contributed by atoms with Crippen molar-refractivity contribution in [1.82, 2.24) is 0 Å². The van der Waals surface area contributed by atoms with Gasteiger partial charge in [-0.25, -0.2) is 13.2 Å². The molecule has 0 saturated heterocycles. The fraction of sp³-hybridized carbons (Fsp3) is 0.167. The van der Waals surface area contributed by atoms with E-state index in [4.69, 9.17) is 11.6 Å². The van der Waals surface area contributed by atoms with Crippen LogP contribution in [-0.4, -0.2) is 30.8 Å². The lowest BCUT2D eigenvalue weighted by Gasteiger charge is -2.31. The summed E-state index contributed by atoms with van der Waals surface area (Å²) in [6.07, 6.45) is -13.3. The molecule has 2 amide bonds. The fourth-order valence-electron chi connectivity index (χ4n) is 3.40. The third kappa shape index (κ3) is 6.31. The van der Waals surface area contributed by atoms with Crippen molar-refractivity contribution in [2.45, 2.75) is 24.6 Å². The van der Waals surface area contributed by atoms with Crippen LogP contribution in [0.2, 0.25) is 5.02 Å². The zero-order chi connectivity index (χ0) is 30.9. The monoisotopic (exact) mass is 620 g/mol. The lowest BCUT2D eigenvalue weighted by molar-refractivity contribution is -0.348. The van der Waals surface area contributed by atoms with Gasteiger partial charge >= 0.3 is 24.6 Å². The predicted octanol–water partition coefficient (Wildman–Crippen LogP) is 8.01. The number of rotatable bonds is 7. The van der Waals surface area contributed by atoms with E-state index in [1.54, 1.807) is 5.32 Å². The van der Waals surface area contributed by atoms with E-state index in [1.807, 2.05) is 5.32 Å². The number of halogens is 12. The molecule has 0 fully saturated rings. The Hall–Kier alpha value is -4.08. The molecule has 0 saturated carbocycles. The van der Waals surface area contributed by atoms with E-state index in [9.17, 15) is 53.5 Å². The number of carbonyl (C=O) groups is 2. The molecule has 0 radical (unpaired) electrons. The van der Waals surface area contributed by atoms with Crippen LogP contribution in [0.4, 0.5) is 59.7 Å². The Morgan fingerprint density at radius 3 is 1.90 bits per heavy atom. The maximum Gasteiger partial charge on any atom is 0.435 e. The Morgan fingerprint density at radius 2 is 1.34 bits per heavy atom. The summed E-state index contributed by atoms with van der Waals surface area (Å²) in [5.74, 6) is -6.80. The molecule has 0 spiro atoms. The average Bonchev–Trinajstić information content (AvgIpc) is 2.85. The van der Waals surface area contributed by atoms with Gasteiger partial charge in [0, 0.05) is 5.56 Å². The van der Waals surface area contributed by atoms with Crippen LogP contribution in [0, 0.1) is 11.6 Å². The second kappa shape index (κ2) is 11.4. The highest BCUT2D eigenvalue weighted by Crippen LogP contribution is 2.55. The van der Waals surface area contributed by atoms with Crippen LogP contribution in [0.3, 0.4) is 0 Å². The van der Waals surface area contributed by atoms with Gasteiger partial charge in [0.05, 0.1) is 21.8 Å². The number of hydrogen-bond acceptors (Lipinski definition) is 3. The van der Waals surface area contributed by atoms with Crippen molar-refractivity contribution in [1.29, 1.82) is 0 Å². The van der Waals surface area contributed by atoms with Crippen molar-refractivity contribution in [2.24, 2.45) is 0 Å². The van der Waals surface area contributed by atoms with Crippen LogP contribution in [0.5, 0.6) is 5.75 Å². The molecule has 220 valence electrons. The summed E-state index contributed by atoms with van der Waals surface area (Å²) >= 11 is 5.65. The lowest BCUT2D eigenvalue weighted by Crippen LogP contribution is -2.50. The first-order valence-electron chi connectivity index (χ1n) is 10.7. The number of nitrogens with one attached hydrogen (secondary N) is 2. The topological polar surface area (TPSA) is 67.4 Å². The van der Waals surface area contributed by atoms with Gasteiger partial charge in [0.15, 0.2) is 11.6 Å². The molecule has 0 unspecified atom stereocenters. The molecule has 2 N–H and O–H groups in total. The van der Waals surface area contributed by atoms with Gasteiger partial charge in [0.1, 0.15) is 11.5 Å². The third-order valence-electron chi connectivity index (χ3n) is 5.30. The summed E-state index contributed by atoms with van der Waals surface area (Å²) in [6.45, 7) is -3.92. The number of anilines is 2. The summed E-state index contributed by atoms with van der Waals surface area (Å²) in [4.78, 5) is 25.0. The van der Waals surface area contributed by atoms with Gasteiger partial charge in [-0.3, -0.25) is 9.59 Å². The third-order valence-corrected chi connectivity index (χ3v) is 5.60. The molecule has 0 bridgehead atoms. The molecular formula is C24H12ClF11N2O3. The van der Waals surface area contributed by atoms with E-state index in [-0.39, 0.29) is 6.07 Å². The number of ether oxygens (including phenoxy) is 1. The number of benzene rings is 3. The van der Waals surface area contributed by atoms with Gasteiger partial charge in [-0.15, -0.1) is 0 Å². The molecule has 0 heterocycles. The maximum atomic E-state index is 15.0. The smallest absolute Gasteiger partial charge is 0.433 e. The van der Waals surface area contributed by atoms with Gasteiger partial charge in [-0.1, -0.05) is 29.8 Å². The van der Waals surface area contributed by atoms with Crippen molar-refractivity contribution >= 4 is 34.8 Å². The minimum atomic E-state index is -6.64. The fourth-order valence-corrected chi connectivity index (χ4v) is 3.66. The quantitative estimate of drug-likeness (QED) is 0.263. The van der Waals surface area contributed by atoms with E-state index in [2.05, 4.69) is 4.74 Å². The Bertz CT molecular complexity index is 1460. The van der Waals surface area contributed by atoms with E-state index in [1.165, 1.54) is 12.1 Å². The van der Waals surface area contributed by atoms with Crippen molar-refractivity contribution in [2.75, 3.05) is 10.6 Å². The molecular weight excluding hydrogens is 609 g/mol. The van der Waals surface area contributed by atoms with Crippen molar-refractivity contribution in [3.63, 3.8) is 0 Å². The van der Waals surface area contributed by atoms with E-state index in [0.717, 1.165) is 30.3 Å². The summed E-state index contributed by atoms with van der Waals surface area (Å²) in [6, 6.07) is 6.61. The minimum absolute atomic E-state index is 0.238. The van der Waals surface area contributed by atoms with E-state index < -0.39 is 93.0 Å². The second-order valence-electron chi connectivity index (χ2n) is 7.92. The molecule has 5 nitrogen and oxygen atoms in total. The highest BCUT2D eigenvalue weighted by molar-refractivity contribution is 6.34. The largest absolute Gasteiger partial charge is 0.435 e. The molecule has 0 aliphatic rings. The van der Waals surface area contributed by atoms with Crippen molar-refractivity contribution in [3.05, 3.63) is 87.9 Å². The molecule has 3 rings (SSSR count). The summed E-state index contributed by atoms with van der Waals surface area (Å²) in [5.41, 5.74) is -11.7. The van der Waals surface area contributed by atoms with E-state index in [0.29, 0.717) is 0 Å². The van der Waals surface area contributed by atoms with Gasteiger partial charge < -0.3 is 15.4 Å². The highest BCUT2D eigenvalue weighted by atomic mass is 35.5. The highest BCUT2D eigenvalue weighted by Gasteiger charge is 2.73. The first-order valence-corrected chi connectivity index (χ1v) is 11.0. The second-order valence-corrected chi connectivity index (χ2v) is 8.33. The number of hydrogen-bond donors (Lipinski definition) is 2. The number of amides is 2. The summed E-state index contributed by atoms with van der Waals surface area (Å²) < 4.78 is 152. The molecule has 0 atom stereocenters. The molecule has 0 aromatic heterocycles. The Morgan fingerprint density at radius 1 is 0.780 bits per heavy atom. The molecule has 3 aromatic rings. The van der Waals surface area contributed by atoms with Gasteiger partial charge in [-0.05, 0) is 36.4 Å². The van der Waals surface area contributed by atoms with Crippen LogP contribution in [0.15, 0.2) is 54.6 Å². The molecule has 17 heteroatoms. The SMILES string of the molecule is O=C(Nc1cccc(C(=O)Nc2c(Cl)cc(C(F)(C(F)(F)F)C(F)(F)F)cc2OC(F)F)c1F)c1ccccc1F. The van der Waals surface area contributed by atoms with Crippen LogP contribution in [0.25, 0.3) is 0 Å². The Labute approximate surface area is 226 Å². The number of carbonyl (C=O) groups excluding carboxylic acids is 2. The summed E-state index contributed by atoms with van der Waals surface area (Å²) in [7, 11) is 0. The maximum absolute atomic E-state index is 15.0. The first kappa shape index (κ1) is 31.4. The zero-order valence-corrected chi connectivity index (χ0v) is 20.3. The van der Waals surface area contributed by atoms with E-state index >= 15 is 4.39 Å². The first-order chi connectivity index (χ1) is 18.9. The minimum Gasteiger partial charge on any atom is -0.433 e. The molecule has 0 aliphatic heterocycles. The average molecular weight is 621 g/mol. The van der Waals surface area contributed by atoms with Crippen molar-refractivity contribution in [3.8, 4) is 5.75 Å². The molecule has 41 heavy (non-hydrogen) atoms. The normalized spacial score (nSPS) is 12.3. The van der Waals surface area contributed by atoms with Gasteiger partial charge in [-0.2, -0.15) is 35.1 Å². The number of alkyl halides is 9.